The summed E-state index contributed by atoms with van der Waals surface area (Å²) in [6, 6.07) is -0.0860. The van der Waals surface area contributed by atoms with E-state index in [2.05, 4.69) is 33.0 Å². The molecule has 19 heavy (non-hydrogen) atoms. The molecule has 1 atom stereocenters. The average Bonchev–Trinajstić information content (AvgIpc) is 2.76. The molecule has 1 fully saturated rings. The fourth-order valence-corrected chi connectivity index (χ4v) is 3.44. The lowest BCUT2D eigenvalue weighted by Gasteiger charge is -2.32. The van der Waals surface area contributed by atoms with E-state index in [4.69, 9.17) is 0 Å². The highest BCUT2D eigenvalue weighted by Crippen LogP contribution is 2.43. The molecule has 0 saturated heterocycles. The smallest absolute Gasteiger partial charge is 0.226 e. The lowest BCUT2D eigenvalue weighted by Crippen LogP contribution is -2.46. The minimum Gasteiger partial charge on any atom is -0.394 e. The summed E-state index contributed by atoms with van der Waals surface area (Å²) in [5, 5.41) is 12.5. The Labute approximate surface area is 118 Å². The summed E-state index contributed by atoms with van der Waals surface area (Å²) < 4.78 is 0. The Hall–Kier alpha value is -0.570. The molecule has 0 aromatic heterocycles. The van der Waals surface area contributed by atoms with Crippen molar-refractivity contribution >= 4 is 5.91 Å². The van der Waals surface area contributed by atoms with Crippen molar-refractivity contribution in [2.75, 3.05) is 6.61 Å². The quantitative estimate of drug-likeness (QED) is 0.746. The zero-order valence-electron chi connectivity index (χ0n) is 13.0. The van der Waals surface area contributed by atoms with Gasteiger partial charge in [0.2, 0.25) is 5.91 Å². The average molecular weight is 269 g/mol. The summed E-state index contributed by atoms with van der Waals surface area (Å²) in [6.45, 7) is 8.65. The van der Waals surface area contributed by atoms with E-state index in [0.717, 1.165) is 38.5 Å². The molecule has 0 aromatic carbocycles. The predicted octanol–water partition coefficient (Wildman–Crippen LogP) is 3.12. The minimum atomic E-state index is -0.168. The van der Waals surface area contributed by atoms with Gasteiger partial charge in [0.15, 0.2) is 0 Å². The van der Waals surface area contributed by atoms with Crippen LogP contribution in [0.5, 0.6) is 0 Å². The molecule has 0 bridgehead atoms. The third-order valence-electron chi connectivity index (χ3n) is 4.15. The van der Waals surface area contributed by atoms with Gasteiger partial charge in [0.1, 0.15) is 0 Å². The molecule has 1 aliphatic carbocycles. The number of rotatable bonds is 7. The summed E-state index contributed by atoms with van der Waals surface area (Å²) in [7, 11) is 0. The van der Waals surface area contributed by atoms with Crippen molar-refractivity contribution in [2.45, 2.75) is 72.3 Å². The van der Waals surface area contributed by atoms with Crippen LogP contribution in [-0.2, 0) is 4.79 Å². The van der Waals surface area contributed by atoms with E-state index in [1.54, 1.807) is 0 Å². The minimum absolute atomic E-state index is 0.0433. The van der Waals surface area contributed by atoms with Crippen molar-refractivity contribution in [3.05, 3.63) is 0 Å². The van der Waals surface area contributed by atoms with Crippen LogP contribution in [0.25, 0.3) is 0 Å². The van der Waals surface area contributed by atoms with E-state index < -0.39 is 0 Å². The van der Waals surface area contributed by atoms with Crippen LogP contribution >= 0.6 is 0 Å². The third-order valence-corrected chi connectivity index (χ3v) is 4.15. The third kappa shape index (κ3) is 4.79. The lowest BCUT2D eigenvalue weighted by molar-refractivity contribution is -0.133. The largest absolute Gasteiger partial charge is 0.394 e. The predicted molar refractivity (Wildman–Crippen MR) is 78.8 cm³/mol. The number of amides is 1. The van der Waals surface area contributed by atoms with Crippen molar-refractivity contribution in [1.29, 1.82) is 0 Å². The Morgan fingerprint density at radius 3 is 2.16 bits per heavy atom. The molecule has 1 saturated carbocycles. The summed E-state index contributed by atoms with van der Waals surface area (Å²) in [6.07, 6.45) is 6.16. The number of carbonyl (C=O) groups is 1. The summed E-state index contributed by atoms with van der Waals surface area (Å²) in [4.78, 5) is 12.6. The second kappa shape index (κ2) is 7.28. The number of aliphatic hydroxyl groups is 1. The molecule has 2 N–H and O–H groups in total. The van der Waals surface area contributed by atoms with Crippen molar-refractivity contribution in [3.8, 4) is 0 Å². The van der Waals surface area contributed by atoms with Gasteiger partial charge in [0, 0.05) is 5.41 Å². The van der Waals surface area contributed by atoms with Gasteiger partial charge in [-0.1, -0.05) is 40.5 Å². The van der Waals surface area contributed by atoms with E-state index in [0.29, 0.717) is 11.8 Å². The number of hydrogen-bond acceptors (Lipinski definition) is 2. The maximum atomic E-state index is 12.6. The van der Waals surface area contributed by atoms with E-state index in [9.17, 15) is 9.90 Å². The molecule has 0 radical (unpaired) electrons. The molecule has 112 valence electrons. The van der Waals surface area contributed by atoms with Gasteiger partial charge in [-0.25, -0.2) is 0 Å². The van der Waals surface area contributed by atoms with Crippen LogP contribution in [0.3, 0.4) is 0 Å². The Kier molecular flexibility index (Phi) is 6.31. The van der Waals surface area contributed by atoms with E-state index in [1.165, 1.54) is 0 Å². The van der Waals surface area contributed by atoms with Gasteiger partial charge in [-0.05, 0) is 37.5 Å². The first-order valence-corrected chi connectivity index (χ1v) is 7.81. The zero-order valence-corrected chi connectivity index (χ0v) is 13.0. The first kappa shape index (κ1) is 16.5. The summed E-state index contributed by atoms with van der Waals surface area (Å²) in [5.74, 6) is 1.21. The molecule has 1 unspecified atom stereocenters. The lowest BCUT2D eigenvalue weighted by atomic mass is 9.77. The van der Waals surface area contributed by atoms with Gasteiger partial charge >= 0.3 is 0 Å². The number of hydrogen-bond donors (Lipinski definition) is 2. The Morgan fingerprint density at radius 2 is 1.74 bits per heavy atom. The first-order chi connectivity index (χ1) is 8.89. The summed E-state index contributed by atoms with van der Waals surface area (Å²) in [5.41, 5.74) is -0.168. The van der Waals surface area contributed by atoms with E-state index >= 15 is 0 Å². The van der Waals surface area contributed by atoms with Gasteiger partial charge in [-0.15, -0.1) is 0 Å². The highest BCUT2D eigenvalue weighted by atomic mass is 16.3. The normalized spacial score (nSPS) is 19.9. The molecule has 0 aliphatic heterocycles. The van der Waals surface area contributed by atoms with Gasteiger partial charge in [0.25, 0.3) is 0 Å². The van der Waals surface area contributed by atoms with Crippen LogP contribution < -0.4 is 5.32 Å². The van der Waals surface area contributed by atoms with Gasteiger partial charge in [-0.3, -0.25) is 4.79 Å². The van der Waals surface area contributed by atoms with Crippen LogP contribution in [0.4, 0.5) is 0 Å². The van der Waals surface area contributed by atoms with Crippen LogP contribution in [-0.4, -0.2) is 23.7 Å². The standard InChI is InChI=1S/C16H31NO2/c1-12(2)9-14(11-18)17-15(19)16(10-13(3)4)7-5-6-8-16/h12-14,18H,5-11H2,1-4H3,(H,17,19). The Balaban J connectivity index is 2.66. The first-order valence-electron chi connectivity index (χ1n) is 7.81. The van der Waals surface area contributed by atoms with E-state index in [-0.39, 0.29) is 24.0 Å². The number of carbonyl (C=O) groups excluding carboxylic acids is 1. The van der Waals surface area contributed by atoms with Crippen LogP contribution in [0.1, 0.15) is 66.2 Å². The monoisotopic (exact) mass is 269 g/mol. The fourth-order valence-electron chi connectivity index (χ4n) is 3.44. The fraction of sp³-hybridized carbons (Fsp3) is 0.938. The molecule has 0 heterocycles. The van der Waals surface area contributed by atoms with Crippen molar-refractivity contribution < 1.29 is 9.90 Å². The Bertz CT molecular complexity index is 280. The summed E-state index contributed by atoms with van der Waals surface area (Å²) >= 11 is 0. The molecule has 3 heteroatoms. The molecule has 1 amide bonds. The molecule has 3 nitrogen and oxygen atoms in total. The van der Waals surface area contributed by atoms with Crippen LogP contribution in [0.15, 0.2) is 0 Å². The van der Waals surface area contributed by atoms with Crippen molar-refractivity contribution in [1.82, 2.24) is 5.32 Å². The molecule has 1 aliphatic rings. The molecular weight excluding hydrogens is 238 g/mol. The van der Waals surface area contributed by atoms with E-state index in [1.807, 2.05) is 0 Å². The van der Waals surface area contributed by atoms with Gasteiger partial charge in [0.05, 0.1) is 12.6 Å². The van der Waals surface area contributed by atoms with Gasteiger partial charge in [-0.2, -0.15) is 0 Å². The number of aliphatic hydroxyl groups excluding tert-OH is 1. The SMILES string of the molecule is CC(C)CC(CO)NC(=O)C1(CC(C)C)CCCC1. The molecule has 1 rings (SSSR count). The Morgan fingerprint density at radius 1 is 1.16 bits per heavy atom. The maximum Gasteiger partial charge on any atom is 0.226 e. The van der Waals surface area contributed by atoms with Gasteiger partial charge < -0.3 is 10.4 Å². The second-order valence-corrected chi connectivity index (χ2v) is 7.07. The maximum absolute atomic E-state index is 12.6. The van der Waals surface area contributed by atoms with Crippen LogP contribution in [0, 0.1) is 17.3 Å². The number of nitrogens with one attached hydrogen (secondary N) is 1. The molecular formula is C16H31NO2. The highest BCUT2D eigenvalue weighted by molar-refractivity contribution is 5.83. The molecule has 0 aromatic rings. The highest BCUT2D eigenvalue weighted by Gasteiger charge is 2.41. The van der Waals surface area contributed by atoms with Crippen molar-refractivity contribution in [3.63, 3.8) is 0 Å². The zero-order chi connectivity index (χ0) is 14.5. The van der Waals surface area contributed by atoms with Crippen LogP contribution in [0.2, 0.25) is 0 Å². The molecule has 0 spiro atoms. The second-order valence-electron chi connectivity index (χ2n) is 7.07. The topological polar surface area (TPSA) is 49.3 Å². The van der Waals surface area contributed by atoms with Crippen molar-refractivity contribution in [2.24, 2.45) is 17.3 Å².